The van der Waals surface area contributed by atoms with Crippen LogP contribution in [0.4, 0.5) is 0 Å². The van der Waals surface area contributed by atoms with Crippen molar-refractivity contribution in [2.24, 2.45) is 33.8 Å². The number of rotatable bonds is 39. The number of amides is 9. The average Bonchev–Trinajstić information content (AvgIpc) is 3.40. The van der Waals surface area contributed by atoms with Gasteiger partial charge in [0.05, 0.1) is 32.5 Å². The first kappa shape index (κ1) is 71.2. The van der Waals surface area contributed by atoms with Crippen LogP contribution in [0.2, 0.25) is 0 Å². The van der Waals surface area contributed by atoms with Crippen molar-refractivity contribution in [2.45, 2.75) is 145 Å². The Bertz CT molecular complexity index is 2290. The van der Waals surface area contributed by atoms with Crippen LogP contribution in [0.5, 0.6) is 5.75 Å². The maximum Gasteiger partial charge on any atom is 0.328 e. The molecule has 0 fully saturated rings. The summed E-state index contributed by atoms with van der Waals surface area (Å²) in [5.41, 5.74) is 22.3. The third-order valence-electron chi connectivity index (χ3n) is 11.8. The summed E-state index contributed by atoms with van der Waals surface area (Å²) in [5, 5.41) is 98.9. The van der Waals surface area contributed by atoms with Crippen molar-refractivity contribution >= 4 is 71.1 Å². The Morgan fingerprint density at radius 2 is 0.938 bits per heavy atom. The van der Waals surface area contributed by atoms with Gasteiger partial charge in [-0.1, -0.05) is 26.0 Å². The maximum absolute atomic E-state index is 14.3. The van der Waals surface area contributed by atoms with E-state index < -0.39 is 171 Å². The molecule has 9 amide bonds. The van der Waals surface area contributed by atoms with E-state index in [0.29, 0.717) is 12.0 Å². The van der Waals surface area contributed by atoms with Gasteiger partial charge in [-0.3, -0.25) is 52.9 Å². The van der Waals surface area contributed by atoms with E-state index in [2.05, 4.69) is 47.5 Å². The number of guanidine groups is 1. The van der Waals surface area contributed by atoms with Gasteiger partial charge in [0.1, 0.15) is 66.2 Å². The second-order valence-corrected chi connectivity index (χ2v) is 19.1. The number of aliphatic hydroxyl groups is 5. The van der Waals surface area contributed by atoms with Crippen molar-refractivity contribution in [1.82, 2.24) is 47.9 Å². The first-order valence-corrected chi connectivity index (χ1v) is 25.7. The summed E-state index contributed by atoms with van der Waals surface area (Å²) in [6, 6.07) is -11.4. The quantitative estimate of drug-likeness (QED) is 0.0165. The lowest BCUT2D eigenvalue weighted by atomic mass is 10.0. The number of nitrogens with one attached hydrogen (secondary N) is 9. The molecule has 0 heterocycles. The second kappa shape index (κ2) is 37.2. The van der Waals surface area contributed by atoms with E-state index in [-0.39, 0.29) is 69.2 Å². The van der Waals surface area contributed by atoms with Gasteiger partial charge in [0.25, 0.3) is 0 Å². The summed E-state index contributed by atoms with van der Waals surface area (Å²) >= 11 is 0. The molecule has 456 valence electrons. The van der Waals surface area contributed by atoms with Crippen molar-refractivity contribution in [2.75, 3.05) is 39.5 Å². The molecule has 1 aromatic carbocycles. The Morgan fingerprint density at radius 3 is 1.40 bits per heavy atom. The molecule has 0 spiro atoms. The SMILES string of the molecule is CC(C)C[C@H](NC(=O)[C@H](CO)NC(=O)[C@@H](N)CO)C(=O)N[C@@H](CO)C(=O)N[C@@H](CCCN=C(N)N)C(=O)N[C@H](C(=O)N[C@@H](Cc1ccc(O)cc1)C(=O)N[C@@H](CCCCN)C(=O)N[C@@H](CCC(=O)O)C(=O)N[C@@H](CO)C(=O)O)[C@@H](C)O. The molecule has 25 N–H and O–H groups in total. The molecule has 33 heteroatoms. The number of unbranched alkanes of at least 4 members (excludes halogenated alkanes) is 1. The van der Waals surface area contributed by atoms with Gasteiger partial charge in [-0.2, -0.15) is 0 Å². The normalized spacial score (nSPS) is 15.1. The molecule has 0 bridgehead atoms. The molecule has 0 aliphatic heterocycles. The molecule has 0 saturated heterocycles. The third kappa shape index (κ3) is 26.8. The molecule has 1 rings (SSSR count). The van der Waals surface area contributed by atoms with Crippen LogP contribution < -0.4 is 70.8 Å². The molecule has 33 nitrogen and oxygen atoms in total. The number of benzene rings is 1. The van der Waals surface area contributed by atoms with E-state index >= 15 is 0 Å². The predicted octanol–water partition coefficient (Wildman–Crippen LogP) is -8.85. The van der Waals surface area contributed by atoms with Crippen molar-refractivity contribution in [3.05, 3.63) is 29.8 Å². The molecule has 81 heavy (non-hydrogen) atoms. The number of phenolic OH excluding ortho intramolecular Hbond substituents is 1. The van der Waals surface area contributed by atoms with Crippen molar-refractivity contribution in [3.8, 4) is 5.75 Å². The van der Waals surface area contributed by atoms with E-state index in [1.807, 2.05) is 5.32 Å². The van der Waals surface area contributed by atoms with Gasteiger partial charge in [0.15, 0.2) is 5.96 Å². The fourth-order valence-electron chi connectivity index (χ4n) is 7.34. The minimum absolute atomic E-state index is 0.0301. The number of aromatic hydroxyl groups is 1. The number of aliphatic hydroxyl groups excluding tert-OH is 5. The number of phenols is 1. The lowest BCUT2D eigenvalue weighted by molar-refractivity contribution is -0.144. The van der Waals surface area contributed by atoms with Gasteiger partial charge in [0.2, 0.25) is 53.2 Å². The molecule has 11 atom stereocenters. The van der Waals surface area contributed by atoms with Crippen molar-refractivity contribution in [3.63, 3.8) is 0 Å². The Hall–Kier alpha value is -7.82. The number of hydrogen-bond donors (Lipinski definition) is 21. The number of nitrogens with two attached hydrogens (primary N) is 4. The zero-order valence-corrected chi connectivity index (χ0v) is 45.2. The summed E-state index contributed by atoms with van der Waals surface area (Å²) < 4.78 is 0. The number of carbonyl (C=O) groups is 11. The molecule has 0 aliphatic carbocycles. The summed E-state index contributed by atoms with van der Waals surface area (Å²) in [6.45, 7) is 0.565. The molecule has 0 unspecified atom stereocenters. The molecule has 1 aromatic rings. The number of aliphatic imine (C=N–C) groups is 1. The molecular weight excluding hydrogens is 1080 g/mol. The standard InChI is InChI=1S/C48H80N14O19/c1-23(2)17-31(57-45(78)33(20-64)59-38(71)27(50)19-63)42(75)60-34(21-65)44(77)55-29(8-6-16-53-48(51)52)41(74)62-37(24(3)67)46(79)58-32(18-25-9-11-26(68)12-10-25)43(76)54-28(7-4-5-15-49)39(72)56-30(13-14-36(69)70)40(73)61-35(22-66)47(80)81/h9-12,23-24,27-35,37,63-68H,4-8,13-22,49-50H2,1-3H3,(H,54,76)(H,55,77)(H,56,72)(H,57,78)(H,58,79)(H,59,71)(H,60,75)(H,61,73)(H,62,74)(H,69,70)(H,80,81)(H4,51,52,53)/t24-,27+,28+,29+,30+,31+,32+,33+,34+,35+,37+/m1/s1. The van der Waals surface area contributed by atoms with Gasteiger partial charge < -0.3 is 112 Å². The highest BCUT2D eigenvalue weighted by Gasteiger charge is 2.37. The number of carbonyl (C=O) groups excluding carboxylic acids is 9. The van der Waals surface area contributed by atoms with Gasteiger partial charge in [0, 0.05) is 19.4 Å². The molecule has 0 aliphatic rings. The predicted molar refractivity (Wildman–Crippen MR) is 284 cm³/mol. The minimum atomic E-state index is -1.93. The highest BCUT2D eigenvalue weighted by Crippen LogP contribution is 2.14. The fraction of sp³-hybridized carbons (Fsp3) is 0.625. The number of hydrogen-bond acceptors (Lipinski definition) is 20. The summed E-state index contributed by atoms with van der Waals surface area (Å²) in [7, 11) is 0. The van der Waals surface area contributed by atoms with Gasteiger partial charge >= 0.3 is 11.9 Å². The van der Waals surface area contributed by atoms with Crippen LogP contribution in [0.25, 0.3) is 0 Å². The van der Waals surface area contributed by atoms with Crippen molar-refractivity contribution in [1.29, 1.82) is 0 Å². The maximum atomic E-state index is 14.3. The van der Waals surface area contributed by atoms with E-state index in [1.54, 1.807) is 13.8 Å². The van der Waals surface area contributed by atoms with Crippen molar-refractivity contribution < 1.29 is 93.6 Å². The number of nitrogens with zero attached hydrogens (tertiary/aromatic N) is 1. The van der Waals surface area contributed by atoms with Crippen LogP contribution in [0.15, 0.2) is 29.3 Å². The van der Waals surface area contributed by atoms with Crippen LogP contribution in [-0.4, -0.2) is 218 Å². The van der Waals surface area contributed by atoms with E-state index in [9.17, 15) is 93.6 Å². The smallest absolute Gasteiger partial charge is 0.328 e. The van der Waals surface area contributed by atoms with Gasteiger partial charge in [-0.05, 0) is 82.0 Å². The third-order valence-corrected chi connectivity index (χ3v) is 11.8. The first-order chi connectivity index (χ1) is 38.1. The highest BCUT2D eigenvalue weighted by atomic mass is 16.4. The van der Waals surface area contributed by atoms with Crippen LogP contribution in [-0.2, 0) is 59.2 Å². The Kier molecular flexibility index (Phi) is 32.7. The van der Waals surface area contributed by atoms with Crippen LogP contribution in [0.3, 0.4) is 0 Å². The largest absolute Gasteiger partial charge is 0.508 e. The van der Waals surface area contributed by atoms with Crippen LogP contribution >= 0.6 is 0 Å². The summed E-state index contributed by atoms with van der Waals surface area (Å²) in [4.78, 5) is 149. The Labute approximate surface area is 465 Å². The Morgan fingerprint density at radius 1 is 0.519 bits per heavy atom. The van der Waals surface area contributed by atoms with Crippen LogP contribution in [0, 0.1) is 5.92 Å². The number of aliphatic carboxylic acids is 2. The van der Waals surface area contributed by atoms with E-state index in [0.717, 1.165) is 6.92 Å². The van der Waals surface area contributed by atoms with Gasteiger partial charge in [-0.25, -0.2) is 4.79 Å². The second-order valence-electron chi connectivity index (χ2n) is 19.1. The topological polar surface area (TPSA) is 574 Å². The number of carboxylic acid groups (broad SMARTS) is 2. The molecule has 0 aromatic heterocycles. The van der Waals surface area contributed by atoms with E-state index in [4.69, 9.17) is 22.9 Å². The van der Waals surface area contributed by atoms with Crippen LogP contribution in [0.1, 0.15) is 77.7 Å². The summed E-state index contributed by atoms with van der Waals surface area (Å²) in [6.07, 6.45) is -3.49. The Balaban J connectivity index is 3.62. The fourth-order valence-corrected chi connectivity index (χ4v) is 7.34. The lowest BCUT2D eigenvalue weighted by Gasteiger charge is -2.29. The lowest BCUT2D eigenvalue weighted by Crippen LogP contribution is -2.62. The minimum Gasteiger partial charge on any atom is -0.508 e. The molecule has 0 saturated carbocycles. The zero-order chi connectivity index (χ0) is 61.5. The average molecular weight is 1160 g/mol. The number of carboxylic acids is 2. The van der Waals surface area contributed by atoms with E-state index in [1.165, 1.54) is 24.3 Å². The zero-order valence-electron chi connectivity index (χ0n) is 45.2. The summed E-state index contributed by atoms with van der Waals surface area (Å²) in [5.74, 6) is -13.8. The monoisotopic (exact) mass is 1160 g/mol. The highest BCUT2D eigenvalue weighted by molar-refractivity contribution is 5.99. The molecular formula is C48H80N14O19. The molecule has 0 radical (unpaired) electrons. The van der Waals surface area contributed by atoms with Gasteiger partial charge in [-0.15, -0.1) is 0 Å². The first-order valence-electron chi connectivity index (χ1n) is 25.7.